The minimum atomic E-state index is 0.358. The lowest BCUT2D eigenvalue weighted by atomic mass is 10.1. The minimum absolute atomic E-state index is 0.358. The molecular weight excluding hydrogens is 304 g/mol. The number of morpholine rings is 1. The maximum Gasteiger partial charge on any atom is 0.0748 e. The molecule has 4 heteroatoms. The summed E-state index contributed by atoms with van der Waals surface area (Å²) in [5, 5.41) is 3.27. The largest absolute Gasteiger partial charge is 0.375 e. The second-order valence-electron chi connectivity index (χ2n) is 5.07. The van der Waals surface area contributed by atoms with E-state index in [2.05, 4.69) is 58.2 Å². The smallest absolute Gasteiger partial charge is 0.0748 e. The van der Waals surface area contributed by atoms with Crippen molar-refractivity contribution in [2.75, 3.05) is 31.6 Å². The molecule has 1 N–H and O–H groups in total. The molecule has 2 rings (SSSR count). The molecule has 0 bridgehead atoms. The van der Waals surface area contributed by atoms with Crippen LogP contribution in [-0.2, 0) is 4.74 Å². The zero-order chi connectivity index (χ0) is 13.8. The third kappa shape index (κ3) is 3.50. The molecule has 1 fully saturated rings. The van der Waals surface area contributed by atoms with E-state index in [1.54, 1.807) is 0 Å². The van der Waals surface area contributed by atoms with Crippen LogP contribution in [0.25, 0.3) is 0 Å². The third-order valence-corrected chi connectivity index (χ3v) is 4.47. The summed E-state index contributed by atoms with van der Waals surface area (Å²) in [4.78, 5) is 2.41. The zero-order valence-corrected chi connectivity index (χ0v) is 13.5. The van der Waals surface area contributed by atoms with E-state index >= 15 is 0 Å². The Morgan fingerprint density at radius 2 is 2.32 bits per heavy atom. The molecule has 1 aliphatic rings. The summed E-state index contributed by atoms with van der Waals surface area (Å²) in [5.41, 5.74) is 2.58. The van der Waals surface area contributed by atoms with Crippen molar-refractivity contribution in [2.45, 2.75) is 32.4 Å². The maximum absolute atomic E-state index is 5.73. The van der Waals surface area contributed by atoms with Gasteiger partial charge in [-0.15, -0.1) is 0 Å². The van der Waals surface area contributed by atoms with Crippen molar-refractivity contribution in [3.63, 3.8) is 0 Å². The molecule has 19 heavy (non-hydrogen) atoms. The van der Waals surface area contributed by atoms with Crippen LogP contribution in [0.4, 0.5) is 5.69 Å². The van der Waals surface area contributed by atoms with Crippen LogP contribution in [0, 0.1) is 0 Å². The summed E-state index contributed by atoms with van der Waals surface area (Å²) < 4.78 is 6.90. The highest BCUT2D eigenvalue weighted by atomic mass is 79.9. The number of halogens is 1. The summed E-state index contributed by atoms with van der Waals surface area (Å²) in [6.07, 6.45) is 1.43. The molecule has 0 aromatic heterocycles. The fourth-order valence-electron chi connectivity index (χ4n) is 2.40. The molecule has 2 unspecified atom stereocenters. The Labute approximate surface area is 124 Å². The Balaban J connectivity index is 2.16. The van der Waals surface area contributed by atoms with Gasteiger partial charge in [-0.3, -0.25) is 0 Å². The summed E-state index contributed by atoms with van der Waals surface area (Å²) >= 11 is 3.71. The zero-order valence-electron chi connectivity index (χ0n) is 11.9. The van der Waals surface area contributed by atoms with Gasteiger partial charge in [0.25, 0.3) is 0 Å². The lowest BCUT2D eigenvalue weighted by Gasteiger charge is -2.35. The van der Waals surface area contributed by atoms with Crippen molar-refractivity contribution in [3.05, 3.63) is 28.2 Å². The molecule has 106 valence electrons. The van der Waals surface area contributed by atoms with Gasteiger partial charge >= 0.3 is 0 Å². The molecule has 0 amide bonds. The molecule has 0 saturated carbocycles. The van der Waals surface area contributed by atoms with E-state index in [-0.39, 0.29) is 0 Å². The van der Waals surface area contributed by atoms with Gasteiger partial charge in [0.2, 0.25) is 0 Å². The molecule has 0 aliphatic carbocycles. The lowest BCUT2D eigenvalue weighted by Crippen LogP contribution is -2.42. The highest BCUT2D eigenvalue weighted by Gasteiger charge is 2.21. The lowest BCUT2D eigenvalue weighted by molar-refractivity contribution is 0.0384. The molecule has 1 heterocycles. The van der Waals surface area contributed by atoms with Crippen molar-refractivity contribution >= 4 is 21.6 Å². The van der Waals surface area contributed by atoms with Gasteiger partial charge in [-0.05, 0) is 54.0 Å². The van der Waals surface area contributed by atoms with Crippen molar-refractivity contribution in [3.8, 4) is 0 Å². The van der Waals surface area contributed by atoms with Crippen LogP contribution in [0.2, 0.25) is 0 Å². The normalized spacial score (nSPS) is 21.5. The van der Waals surface area contributed by atoms with Crippen LogP contribution < -0.4 is 10.2 Å². The molecule has 0 radical (unpaired) electrons. The fraction of sp³-hybridized carbons (Fsp3) is 0.600. The Morgan fingerprint density at radius 1 is 1.53 bits per heavy atom. The van der Waals surface area contributed by atoms with Crippen molar-refractivity contribution in [2.24, 2.45) is 0 Å². The van der Waals surface area contributed by atoms with Crippen LogP contribution in [-0.4, -0.2) is 32.8 Å². The first-order valence-corrected chi connectivity index (χ1v) is 7.78. The van der Waals surface area contributed by atoms with Crippen LogP contribution in [0.3, 0.4) is 0 Å². The van der Waals surface area contributed by atoms with Crippen molar-refractivity contribution in [1.82, 2.24) is 5.32 Å². The summed E-state index contributed by atoms with van der Waals surface area (Å²) in [5.74, 6) is 0. The van der Waals surface area contributed by atoms with Crippen LogP contribution >= 0.6 is 15.9 Å². The molecular formula is C15H23BrN2O. The predicted octanol–water partition coefficient (Wildman–Crippen LogP) is 3.34. The minimum Gasteiger partial charge on any atom is -0.375 e. The topological polar surface area (TPSA) is 24.5 Å². The molecule has 3 nitrogen and oxygen atoms in total. The van der Waals surface area contributed by atoms with Gasteiger partial charge in [-0.1, -0.05) is 13.0 Å². The first kappa shape index (κ1) is 14.8. The van der Waals surface area contributed by atoms with E-state index < -0.39 is 0 Å². The van der Waals surface area contributed by atoms with Gasteiger partial charge in [0.15, 0.2) is 0 Å². The highest BCUT2D eigenvalue weighted by molar-refractivity contribution is 9.10. The third-order valence-electron chi connectivity index (χ3n) is 3.84. The molecule has 1 aliphatic heterocycles. The van der Waals surface area contributed by atoms with Gasteiger partial charge in [0.1, 0.15) is 0 Å². The van der Waals surface area contributed by atoms with Gasteiger partial charge in [-0.2, -0.15) is 0 Å². The summed E-state index contributed by atoms with van der Waals surface area (Å²) in [6, 6.07) is 7.01. The first-order chi connectivity index (χ1) is 9.15. The van der Waals surface area contributed by atoms with Gasteiger partial charge < -0.3 is 15.0 Å². The van der Waals surface area contributed by atoms with Crippen LogP contribution in [0.15, 0.2) is 22.7 Å². The van der Waals surface area contributed by atoms with Crippen LogP contribution in [0.1, 0.15) is 31.9 Å². The van der Waals surface area contributed by atoms with Gasteiger partial charge in [0.05, 0.1) is 18.4 Å². The predicted molar refractivity (Wildman–Crippen MR) is 83.9 cm³/mol. The number of nitrogens with one attached hydrogen (secondary N) is 1. The van der Waals surface area contributed by atoms with Crippen molar-refractivity contribution in [1.29, 1.82) is 0 Å². The van der Waals surface area contributed by atoms with Crippen LogP contribution in [0.5, 0.6) is 0 Å². The Hall–Kier alpha value is -0.580. The average molecular weight is 327 g/mol. The second-order valence-corrected chi connectivity index (χ2v) is 5.92. The Morgan fingerprint density at radius 3 is 2.95 bits per heavy atom. The van der Waals surface area contributed by atoms with Crippen molar-refractivity contribution < 1.29 is 4.74 Å². The van der Waals surface area contributed by atoms with E-state index in [1.165, 1.54) is 15.7 Å². The molecule has 1 saturated heterocycles. The number of nitrogens with zero attached hydrogens (tertiary/aromatic N) is 1. The van der Waals surface area contributed by atoms with E-state index in [4.69, 9.17) is 4.74 Å². The molecule has 2 atom stereocenters. The Bertz CT molecular complexity index is 425. The standard InChI is InChI=1S/C15H23BrN2O/c1-4-13-10-18(7-8-19-13)15-6-5-12(9-14(15)16)11(2)17-3/h5-6,9,11,13,17H,4,7-8,10H2,1-3H3. The summed E-state index contributed by atoms with van der Waals surface area (Å²) in [6.45, 7) is 7.12. The van der Waals surface area contributed by atoms with E-state index in [1.807, 2.05) is 7.05 Å². The van der Waals surface area contributed by atoms with E-state index in [9.17, 15) is 0 Å². The average Bonchev–Trinajstić information content (AvgIpc) is 2.46. The fourth-order valence-corrected chi connectivity index (χ4v) is 3.05. The monoisotopic (exact) mass is 326 g/mol. The quantitative estimate of drug-likeness (QED) is 0.918. The van der Waals surface area contributed by atoms with E-state index in [0.717, 1.165) is 26.1 Å². The molecule has 1 aromatic carbocycles. The van der Waals surface area contributed by atoms with Gasteiger partial charge in [0, 0.05) is 23.6 Å². The number of hydrogen-bond donors (Lipinski definition) is 1. The SMILES string of the molecule is CCC1CN(c2ccc(C(C)NC)cc2Br)CCO1. The number of rotatable bonds is 4. The highest BCUT2D eigenvalue weighted by Crippen LogP contribution is 2.30. The summed E-state index contributed by atoms with van der Waals surface area (Å²) in [7, 11) is 1.99. The molecule has 1 aromatic rings. The second kappa shape index (κ2) is 6.73. The number of anilines is 1. The maximum atomic E-state index is 5.73. The number of ether oxygens (including phenoxy) is 1. The number of benzene rings is 1. The van der Waals surface area contributed by atoms with Gasteiger partial charge in [-0.25, -0.2) is 0 Å². The first-order valence-electron chi connectivity index (χ1n) is 6.99. The Kier molecular flexibility index (Phi) is 5.25. The van der Waals surface area contributed by atoms with E-state index in [0.29, 0.717) is 12.1 Å². The number of hydrogen-bond acceptors (Lipinski definition) is 3. The molecule has 0 spiro atoms.